The van der Waals surface area contributed by atoms with Crippen molar-refractivity contribution < 1.29 is 13.9 Å². The van der Waals surface area contributed by atoms with E-state index in [2.05, 4.69) is 4.98 Å². The van der Waals surface area contributed by atoms with Gasteiger partial charge in [0.2, 0.25) is 0 Å². The molecule has 0 spiro atoms. The molecule has 0 unspecified atom stereocenters. The van der Waals surface area contributed by atoms with Gasteiger partial charge in [-0.15, -0.1) is 0 Å². The van der Waals surface area contributed by atoms with Gasteiger partial charge in [-0.05, 0) is 0 Å². The van der Waals surface area contributed by atoms with Gasteiger partial charge < -0.3 is 5.11 Å². The smallest absolute Gasteiger partial charge is 0.268 e. The molecular formula is C7H4F2N2O. The lowest BCUT2D eigenvalue weighted by Crippen LogP contribution is -1.92. The van der Waals surface area contributed by atoms with Crippen molar-refractivity contribution in [2.75, 3.05) is 0 Å². The van der Waals surface area contributed by atoms with E-state index in [4.69, 9.17) is 10.4 Å². The Labute approximate surface area is 66.9 Å². The summed E-state index contributed by atoms with van der Waals surface area (Å²) in [6, 6.07) is 1.52. The number of nitriles is 1. The van der Waals surface area contributed by atoms with Crippen molar-refractivity contribution in [1.29, 1.82) is 5.26 Å². The SMILES string of the molecule is N#Cc1cncc(O)c1C(F)F. The zero-order valence-corrected chi connectivity index (χ0v) is 5.83. The van der Waals surface area contributed by atoms with Gasteiger partial charge in [0.25, 0.3) is 6.43 Å². The summed E-state index contributed by atoms with van der Waals surface area (Å²) < 4.78 is 24.3. The largest absolute Gasteiger partial charge is 0.506 e. The predicted octanol–water partition coefficient (Wildman–Crippen LogP) is 1.60. The Kier molecular flexibility index (Phi) is 2.19. The average molecular weight is 170 g/mol. The van der Waals surface area contributed by atoms with E-state index in [1.54, 1.807) is 0 Å². The number of aromatic nitrogens is 1. The molecule has 0 bridgehead atoms. The van der Waals surface area contributed by atoms with E-state index < -0.39 is 17.7 Å². The minimum absolute atomic E-state index is 0.301. The molecule has 0 saturated heterocycles. The molecule has 0 atom stereocenters. The van der Waals surface area contributed by atoms with E-state index in [0.29, 0.717) is 0 Å². The number of rotatable bonds is 1. The number of pyridine rings is 1. The van der Waals surface area contributed by atoms with Crippen molar-refractivity contribution in [1.82, 2.24) is 4.98 Å². The molecular weight excluding hydrogens is 166 g/mol. The standard InChI is InChI=1S/C7H4F2N2O/c8-7(9)6-4(1-10)2-11-3-5(6)12/h2-3,7,12H. The molecule has 12 heavy (non-hydrogen) atoms. The lowest BCUT2D eigenvalue weighted by Gasteiger charge is -2.02. The Hall–Kier alpha value is -1.70. The molecule has 0 amide bonds. The highest BCUT2D eigenvalue weighted by atomic mass is 19.3. The van der Waals surface area contributed by atoms with Crippen LogP contribution in [0.1, 0.15) is 17.6 Å². The summed E-state index contributed by atoms with van der Waals surface area (Å²) in [4.78, 5) is 3.39. The first-order chi connectivity index (χ1) is 5.66. The van der Waals surface area contributed by atoms with Gasteiger partial charge in [-0.1, -0.05) is 0 Å². The zero-order chi connectivity index (χ0) is 9.14. The lowest BCUT2D eigenvalue weighted by molar-refractivity contribution is 0.147. The summed E-state index contributed by atoms with van der Waals surface area (Å²) in [5.74, 6) is -0.649. The monoisotopic (exact) mass is 170 g/mol. The van der Waals surface area contributed by atoms with Crippen LogP contribution < -0.4 is 0 Å². The van der Waals surface area contributed by atoms with Crippen molar-refractivity contribution in [3.05, 3.63) is 23.5 Å². The molecule has 0 fully saturated rings. The van der Waals surface area contributed by atoms with Crippen molar-refractivity contribution in [2.45, 2.75) is 6.43 Å². The maximum atomic E-state index is 12.1. The fraction of sp³-hybridized carbons (Fsp3) is 0.143. The summed E-state index contributed by atoms with van der Waals surface area (Å²) in [5, 5.41) is 17.3. The van der Waals surface area contributed by atoms with E-state index in [1.807, 2.05) is 0 Å². The Bertz CT molecular complexity index is 333. The van der Waals surface area contributed by atoms with Gasteiger partial charge in [0.15, 0.2) is 0 Å². The van der Waals surface area contributed by atoms with E-state index >= 15 is 0 Å². The third-order valence-corrected chi connectivity index (χ3v) is 1.31. The van der Waals surface area contributed by atoms with Crippen LogP contribution >= 0.6 is 0 Å². The minimum Gasteiger partial charge on any atom is -0.506 e. The lowest BCUT2D eigenvalue weighted by atomic mass is 10.1. The van der Waals surface area contributed by atoms with E-state index in [-0.39, 0.29) is 5.56 Å². The zero-order valence-electron chi connectivity index (χ0n) is 5.83. The Balaban J connectivity index is 3.32. The molecule has 5 heteroatoms. The van der Waals surface area contributed by atoms with Crippen LogP contribution in [0.15, 0.2) is 12.4 Å². The topological polar surface area (TPSA) is 56.9 Å². The van der Waals surface area contributed by atoms with Gasteiger partial charge in [-0.2, -0.15) is 5.26 Å². The van der Waals surface area contributed by atoms with Gasteiger partial charge in [-0.25, -0.2) is 8.78 Å². The van der Waals surface area contributed by atoms with E-state index in [1.165, 1.54) is 6.07 Å². The van der Waals surface area contributed by atoms with Crippen molar-refractivity contribution in [3.8, 4) is 11.8 Å². The Morgan fingerprint density at radius 2 is 2.17 bits per heavy atom. The van der Waals surface area contributed by atoms with Crippen LogP contribution in [0.5, 0.6) is 5.75 Å². The number of aromatic hydroxyl groups is 1. The molecule has 0 saturated carbocycles. The molecule has 3 nitrogen and oxygen atoms in total. The van der Waals surface area contributed by atoms with Crippen LogP contribution in [-0.2, 0) is 0 Å². The van der Waals surface area contributed by atoms with Crippen LogP contribution in [-0.4, -0.2) is 10.1 Å². The summed E-state index contributed by atoms with van der Waals surface area (Å²) >= 11 is 0. The van der Waals surface area contributed by atoms with Gasteiger partial charge in [0.05, 0.1) is 17.3 Å². The second kappa shape index (κ2) is 3.13. The van der Waals surface area contributed by atoms with Gasteiger partial charge >= 0.3 is 0 Å². The molecule has 1 aromatic heterocycles. The predicted molar refractivity (Wildman–Crippen MR) is 35.6 cm³/mol. The normalized spacial score (nSPS) is 9.83. The first-order valence-electron chi connectivity index (χ1n) is 3.02. The van der Waals surface area contributed by atoms with Crippen LogP contribution in [0.25, 0.3) is 0 Å². The maximum Gasteiger partial charge on any atom is 0.268 e. The summed E-state index contributed by atoms with van der Waals surface area (Å²) in [6.07, 6.45) is -0.994. The molecule has 0 aromatic carbocycles. The second-order valence-electron chi connectivity index (χ2n) is 2.03. The van der Waals surface area contributed by atoms with Gasteiger partial charge in [-0.3, -0.25) is 4.98 Å². The van der Waals surface area contributed by atoms with Crippen molar-refractivity contribution in [2.24, 2.45) is 0 Å². The first kappa shape index (κ1) is 8.40. The highest BCUT2D eigenvalue weighted by Crippen LogP contribution is 2.29. The number of alkyl halides is 2. The molecule has 1 N–H and O–H groups in total. The first-order valence-corrected chi connectivity index (χ1v) is 3.02. The van der Waals surface area contributed by atoms with Crippen LogP contribution in [0.3, 0.4) is 0 Å². The molecule has 62 valence electrons. The van der Waals surface area contributed by atoms with Crippen molar-refractivity contribution in [3.63, 3.8) is 0 Å². The highest BCUT2D eigenvalue weighted by molar-refractivity contribution is 5.43. The highest BCUT2D eigenvalue weighted by Gasteiger charge is 2.17. The summed E-state index contributed by atoms with van der Waals surface area (Å²) in [5.41, 5.74) is -0.961. The van der Waals surface area contributed by atoms with Crippen LogP contribution in [0, 0.1) is 11.3 Å². The number of halogens is 2. The minimum atomic E-state index is -2.86. The maximum absolute atomic E-state index is 12.1. The second-order valence-corrected chi connectivity index (χ2v) is 2.03. The molecule has 1 rings (SSSR count). The van der Waals surface area contributed by atoms with Crippen molar-refractivity contribution >= 4 is 0 Å². The van der Waals surface area contributed by atoms with Gasteiger partial charge in [0.1, 0.15) is 11.8 Å². The number of hydrogen-bond donors (Lipinski definition) is 1. The van der Waals surface area contributed by atoms with Crippen LogP contribution in [0.2, 0.25) is 0 Å². The molecule has 0 aliphatic heterocycles. The molecule has 0 aliphatic carbocycles. The quantitative estimate of drug-likeness (QED) is 0.696. The molecule has 0 radical (unpaired) electrons. The van der Waals surface area contributed by atoms with Crippen LogP contribution in [0.4, 0.5) is 8.78 Å². The average Bonchev–Trinajstić information content (AvgIpc) is 2.03. The third-order valence-electron chi connectivity index (χ3n) is 1.31. The fourth-order valence-corrected chi connectivity index (χ4v) is 0.778. The van der Waals surface area contributed by atoms with E-state index in [0.717, 1.165) is 12.4 Å². The third kappa shape index (κ3) is 1.32. The molecule has 0 aliphatic rings. The summed E-state index contributed by atoms with van der Waals surface area (Å²) in [7, 11) is 0. The molecule has 1 aromatic rings. The number of nitrogens with zero attached hydrogens (tertiary/aromatic N) is 2. The Morgan fingerprint density at radius 1 is 1.50 bits per heavy atom. The van der Waals surface area contributed by atoms with Gasteiger partial charge in [0, 0.05) is 6.20 Å². The van der Waals surface area contributed by atoms with E-state index in [9.17, 15) is 8.78 Å². The fourth-order valence-electron chi connectivity index (χ4n) is 0.778. The molecule has 1 heterocycles. The Morgan fingerprint density at radius 3 is 2.58 bits per heavy atom. The summed E-state index contributed by atoms with van der Waals surface area (Å²) in [6.45, 7) is 0. The number of hydrogen-bond acceptors (Lipinski definition) is 3.